The number of primary amides is 1. The van der Waals surface area contributed by atoms with Crippen LogP contribution in [0.5, 0.6) is 0 Å². The Labute approximate surface area is 132 Å². The molecule has 1 aromatic carbocycles. The summed E-state index contributed by atoms with van der Waals surface area (Å²) in [4.78, 5) is 25.8. The number of thiophene rings is 1. The molecule has 1 aromatic heterocycles. The molecule has 116 valence electrons. The Morgan fingerprint density at radius 2 is 2.18 bits per heavy atom. The van der Waals surface area contributed by atoms with Crippen LogP contribution in [0.4, 0.5) is 4.79 Å². The summed E-state index contributed by atoms with van der Waals surface area (Å²) >= 11 is 1.44. The number of carbonyl (C=O) groups excluding carboxylic acids is 2. The van der Waals surface area contributed by atoms with Crippen LogP contribution < -0.4 is 5.73 Å². The van der Waals surface area contributed by atoms with Crippen molar-refractivity contribution < 1.29 is 14.3 Å². The zero-order valence-corrected chi connectivity index (χ0v) is 13.2. The number of ether oxygens (including phenoxy) is 1. The van der Waals surface area contributed by atoms with E-state index in [2.05, 4.69) is 0 Å². The number of rotatable bonds is 3. The summed E-state index contributed by atoms with van der Waals surface area (Å²) in [7, 11) is 0. The number of amides is 2. The molecule has 2 amide bonds. The van der Waals surface area contributed by atoms with Crippen LogP contribution >= 0.6 is 11.3 Å². The van der Waals surface area contributed by atoms with Gasteiger partial charge in [0.05, 0.1) is 6.04 Å². The zero-order valence-electron chi connectivity index (χ0n) is 12.4. The summed E-state index contributed by atoms with van der Waals surface area (Å²) in [5.74, 6) is -0.324. The minimum Gasteiger partial charge on any atom is -0.459 e. The molecule has 0 spiro atoms. The average molecular weight is 318 g/mol. The van der Waals surface area contributed by atoms with Crippen molar-refractivity contribution in [2.24, 2.45) is 5.73 Å². The molecule has 2 N–H and O–H groups in total. The number of esters is 1. The van der Waals surface area contributed by atoms with E-state index in [1.165, 1.54) is 11.3 Å². The number of aryl methyl sites for hydroxylation is 1. The van der Waals surface area contributed by atoms with Crippen LogP contribution in [0, 0.1) is 6.92 Å². The molecule has 22 heavy (non-hydrogen) atoms. The first-order valence-corrected chi connectivity index (χ1v) is 8.11. The summed E-state index contributed by atoms with van der Waals surface area (Å²) in [6, 6.07) is 7.36. The molecule has 0 saturated carbocycles. The summed E-state index contributed by atoms with van der Waals surface area (Å²) in [6.45, 7) is 2.77. The highest BCUT2D eigenvalue weighted by molar-refractivity contribution is 7.21. The number of nitrogens with zero attached hydrogens (tertiary/aromatic N) is 1. The summed E-state index contributed by atoms with van der Waals surface area (Å²) in [6.07, 6.45) is 1.72. The second-order valence-electron chi connectivity index (χ2n) is 5.48. The van der Waals surface area contributed by atoms with Gasteiger partial charge in [0.15, 0.2) is 0 Å². The van der Waals surface area contributed by atoms with E-state index in [1.807, 2.05) is 31.2 Å². The van der Waals surface area contributed by atoms with Crippen LogP contribution in [-0.4, -0.2) is 36.1 Å². The van der Waals surface area contributed by atoms with Gasteiger partial charge in [0, 0.05) is 11.2 Å². The van der Waals surface area contributed by atoms with Crippen molar-refractivity contribution in [1.29, 1.82) is 0 Å². The molecule has 1 aliphatic rings. The van der Waals surface area contributed by atoms with Crippen LogP contribution in [0.25, 0.3) is 10.1 Å². The second kappa shape index (κ2) is 5.96. The van der Waals surface area contributed by atoms with Crippen molar-refractivity contribution in [1.82, 2.24) is 4.90 Å². The molecule has 6 heteroatoms. The molecule has 2 aromatic rings. The van der Waals surface area contributed by atoms with Crippen molar-refractivity contribution in [3.63, 3.8) is 0 Å². The van der Waals surface area contributed by atoms with Crippen molar-refractivity contribution >= 4 is 33.4 Å². The van der Waals surface area contributed by atoms with Gasteiger partial charge in [-0.25, -0.2) is 9.59 Å². The monoisotopic (exact) mass is 318 g/mol. The van der Waals surface area contributed by atoms with E-state index in [9.17, 15) is 9.59 Å². The molecule has 3 rings (SSSR count). The Balaban J connectivity index is 1.71. The molecule has 0 aliphatic carbocycles. The van der Waals surface area contributed by atoms with Gasteiger partial charge >= 0.3 is 12.0 Å². The molecule has 1 fully saturated rings. The SMILES string of the molecule is Cc1c(C(=O)OC[C@@H]2CCCN2C(N)=O)sc2ccccc12. The zero-order chi connectivity index (χ0) is 15.7. The molecule has 1 aliphatic heterocycles. The summed E-state index contributed by atoms with van der Waals surface area (Å²) < 4.78 is 6.50. The van der Waals surface area contributed by atoms with Gasteiger partial charge in [-0.05, 0) is 36.8 Å². The predicted molar refractivity (Wildman–Crippen MR) is 86.2 cm³/mol. The first-order chi connectivity index (χ1) is 10.6. The number of carbonyl (C=O) groups is 2. The smallest absolute Gasteiger partial charge is 0.348 e. The Kier molecular flexibility index (Phi) is 4.02. The highest BCUT2D eigenvalue weighted by Gasteiger charge is 2.28. The lowest BCUT2D eigenvalue weighted by Gasteiger charge is -2.22. The van der Waals surface area contributed by atoms with E-state index in [4.69, 9.17) is 10.5 Å². The molecule has 0 bridgehead atoms. The standard InChI is InChI=1S/C16H18N2O3S/c1-10-12-6-2-3-7-13(12)22-14(10)15(19)21-9-11-5-4-8-18(11)16(17)20/h2-3,6-7,11H,4-5,8-9H2,1H3,(H2,17,20)/t11-/m0/s1. The Hall–Kier alpha value is -2.08. The van der Waals surface area contributed by atoms with Gasteiger partial charge in [-0.2, -0.15) is 0 Å². The summed E-state index contributed by atoms with van der Waals surface area (Å²) in [5.41, 5.74) is 6.28. The molecular formula is C16H18N2O3S. The maximum atomic E-state index is 12.3. The lowest BCUT2D eigenvalue weighted by molar-refractivity contribution is 0.0427. The topological polar surface area (TPSA) is 72.6 Å². The first kappa shape index (κ1) is 14.8. The number of nitrogens with two attached hydrogens (primary N) is 1. The fraction of sp³-hybridized carbons (Fsp3) is 0.375. The molecule has 0 unspecified atom stereocenters. The third-order valence-electron chi connectivity index (χ3n) is 4.10. The number of hydrogen-bond donors (Lipinski definition) is 1. The average Bonchev–Trinajstić information content (AvgIpc) is 3.10. The molecule has 2 heterocycles. The highest BCUT2D eigenvalue weighted by Crippen LogP contribution is 2.31. The van der Waals surface area contributed by atoms with Gasteiger partial charge in [0.25, 0.3) is 0 Å². The van der Waals surface area contributed by atoms with E-state index in [1.54, 1.807) is 4.90 Å². The van der Waals surface area contributed by atoms with E-state index < -0.39 is 6.03 Å². The van der Waals surface area contributed by atoms with Gasteiger partial charge in [-0.1, -0.05) is 18.2 Å². The maximum Gasteiger partial charge on any atom is 0.348 e. The van der Waals surface area contributed by atoms with Crippen molar-refractivity contribution in [2.75, 3.05) is 13.2 Å². The largest absolute Gasteiger partial charge is 0.459 e. The van der Waals surface area contributed by atoms with Gasteiger partial charge in [-0.3, -0.25) is 0 Å². The normalized spacial score (nSPS) is 17.9. The Morgan fingerprint density at radius 3 is 2.91 bits per heavy atom. The van der Waals surface area contributed by atoms with Crippen molar-refractivity contribution in [2.45, 2.75) is 25.8 Å². The van der Waals surface area contributed by atoms with E-state index in [-0.39, 0.29) is 18.6 Å². The fourth-order valence-corrected chi connectivity index (χ4v) is 4.01. The van der Waals surface area contributed by atoms with E-state index in [0.717, 1.165) is 28.5 Å². The van der Waals surface area contributed by atoms with E-state index >= 15 is 0 Å². The maximum absolute atomic E-state index is 12.3. The predicted octanol–water partition coefficient (Wildman–Crippen LogP) is 2.91. The number of urea groups is 1. The van der Waals surface area contributed by atoms with Crippen LogP contribution in [-0.2, 0) is 4.74 Å². The lowest BCUT2D eigenvalue weighted by atomic mass is 10.1. The number of likely N-dealkylation sites (tertiary alicyclic amines) is 1. The van der Waals surface area contributed by atoms with Crippen LogP contribution in [0.2, 0.25) is 0 Å². The minimum absolute atomic E-state index is 0.101. The second-order valence-corrected chi connectivity index (χ2v) is 6.53. The van der Waals surface area contributed by atoms with Gasteiger partial charge in [0.2, 0.25) is 0 Å². The van der Waals surface area contributed by atoms with E-state index in [0.29, 0.717) is 11.4 Å². The Bertz CT molecular complexity index is 725. The highest BCUT2D eigenvalue weighted by atomic mass is 32.1. The quantitative estimate of drug-likeness (QED) is 0.884. The van der Waals surface area contributed by atoms with Crippen LogP contribution in [0.3, 0.4) is 0 Å². The van der Waals surface area contributed by atoms with Gasteiger partial charge in [-0.15, -0.1) is 11.3 Å². The van der Waals surface area contributed by atoms with Crippen LogP contribution in [0.1, 0.15) is 28.1 Å². The summed E-state index contributed by atoms with van der Waals surface area (Å²) in [5, 5.41) is 1.08. The lowest BCUT2D eigenvalue weighted by Crippen LogP contribution is -2.41. The molecule has 1 atom stereocenters. The fourth-order valence-electron chi connectivity index (χ4n) is 2.91. The van der Waals surface area contributed by atoms with Gasteiger partial charge < -0.3 is 15.4 Å². The minimum atomic E-state index is -0.448. The number of benzene rings is 1. The first-order valence-electron chi connectivity index (χ1n) is 7.29. The molecular weight excluding hydrogens is 300 g/mol. The van der Waals surface area contributed by atoms with Crippen molar-refractivity contribution in [3.05, 3.63) is 34.7 Å². The molecule has 1 saturated heterocycles. The van der Waals surface area contributed by atoms with Gasteiger partial charge in [0.1, 0.15) is 11.5 Å². The third kappa shape index (κ3) is 2.66. The number of fused-ring (bicyclic) bond motifs is 1. The number of hydrogen-bond acceptors (Lipinski definition) is 4. The third-order valence-corrected chi connectivity index (χ3v) is 5.35. The Morgan fingerprint density at radius 1 is 1.41 bits per heavy atom. The molecule has 0 radical (unpaired) electrons. The molecule has 5 nitrogen and oxygen atoms in total. The van der Waals surface area contributed by atoms with Crippen molar-refractivity contribution in [3.8, 4) is 0 Å². The van der Waals surface area contributed by atoms with Crippen LogP contribution in [0.15, 0.2) is 24.3 Å².